The van der Waals surface area contributed by atoms with Crippen LogP contribution in [0.2, 0.25) is 0 Å². The Morgan fingerprint density at radius 1 is 1.10 bits per heavy atom. The van der Waals surface area contributed by atoms with Gasteiger partial charge in [0.15, 0.2) is 0 Å². The van der Waals surface area contributed by atoms with Gasteiger partial charge >= 0.3 is 11.9 Å². The minimum atomic E-state index is -0.878. The lowest BCUT2D eigenvalue weighted by atomic mass is 10.1. The van der Waals surface area contributed by atoms with Crippen LogP contribution in [0.5, 0.6) is 0 Å². The zero-order valence-corrected chi connectivity index (χ0v) is 13.1. The number of nitrogens with one attached hydrogen (secondary N) is 1. The van der Waals surface area contributed by atoms with Crippen LogP contribution in [0, 0.1) is 0 Å². The van der Waals surface area contributed by atoms with Crippen LogP contribution in [0.1, 0.15) is 71.1 Å². The summed E-state index contributed by atoms with van der Waals surface area (Å²) < 4.78 is 5.29. The van der Waals surface area contributed by atoms with Crippen molar-refractivity contribution in [3.8, 4) is 0 Å². The largest absolute Gasteiger partial charge is 0.480 e. The Morgan fingerprint density at radius 3 is 2.29 bits per heavy atom. The van der Waals surface area contributed by atoms with Crippen molar-refractivity contribution in [3.05, 3.63) is 0 Å². The molecule has 2 atom stereocenters. The number of hydrogen-bond donors (Lipinski definition) is 2. The van der Waals surface area contributed by atoms with Gasteiger partial charge in [0.25, 0.3) is 0 Å². The Labute approximate surface area is 127 Å². The monoisotopic (exact) mass is 299 g/mol. The molecule has 122 valence electrons. The summed E-state index contributed by atoms with van der Waals surface area (Å²) in [5.41, 5.74) is 0. The van der Waals surface area contributed by atoms with Gasteiger partial charge in [-0.15, -0.1) is 0 Å². The van der Waals surface area contributed by atoms with E-state index < -0.39 is 12.0 Å². The van der Waals surface area contributed by atoms with Gasteiger partial charge in [-0.1, -0.05) is 51.9 Å². The summed E-state index contributed by atoms with van der Waals surface area (Å²) in [7, 11) is 0. The van der Waals surface area contributed by atoms with E-state index in [0.717, 1.165) is 12.8 Å². The Balaban J connectivity index is 1.96. The normalized spacial score (nSPS) is 21.4. The molecular formula is C16H29NO4. The standard InChI is InChI=1S/C16H29NO4/c1-2-3-4-5-6-7-8-9-10-15(18)21-13-11-14(16(19)20)17-12-13/h13-14,17H,2-12H2,1H3,(H,19,20)/t13-,14+/m1/s1. The number of carbonyl (C=O) groups excluding carboxylic acids is 1. The molecule has 2 N–H and O–H groups in total. The fourth-order valence-corrected chi connectivity index (χ4v) is 2.63. The molecule has 1 aliphatic heterocycles. The van der Waals surface area contributed by atoms with Crippen LogP contribution in [0.15, 0.2) is 0 Å². The van der Waals surface area contributed by atoms with Gasteiger partial charge in [0.1, 0.15) is 12.1 Å². The molecule has 5 heteroatoms. The molecule has 21 heavy (non-hydrogen) atoms. The van der Waals surface area contributed by atoms with Gasteiger partial charge in [-0.05, 0) is 6.42 Å². The fourth-order valence-electron chi connectivity index (χ4n) is 2.63. The molecule has 0 aromatic carbocycles. The molecule has 1 heterocycles. The van der Waals surface area contributed by atoms with Crippen LogP contribution in [-0.2, 0) is 14.3 Å². The molecule has 1 aliphatic rings. The van der Waals surface area contributed by atoms with E-state index in [-0.39, 0.29) is 12.1 Å². The molecule has 0 aromatic heterocycles. The van der Waals surface area contributed by atoms with E-state index in [1.54, 1.807) is 0 Å². The predicted molar refractivity (Wildman–Crippen MR) is 81.2 cm³/mol. The molecule has 0 spiro atoms. The van der Waals surface area contributed by atoms with E-state index >= 15 is 0 Å². The van der Waals surface area contributed by atoms with Gasteiger partial charge < -0.3 is 15.2 Å². The van der Waals surface area contributed by atoms with Gasteiger partial charge in [0.2, 0.25) is 0 Å². The molecule has 1 rings (SSSR count). The first kappa shape index (κ1) is 18.0. The van der Waals surface area contributed by atoms with Crippen molar-refractivity contribution in [1.29, 1.82) is 0 Å². The second kappa shape index (κ2) is 10.6. The summed E-state index contributed by atoms with van der Waals surface area (Å²) in [6, 6.07) is -0.578. The lowest BCUT2D eigenvalue weighted by Crippen LogP contribution is -2.30. The minimum Gasteiger partial charge on any atom is -0.480 e. The Bertz CT molecular complexity index is 319. The zero-order chi connectivity index (χ0) is 15.5. The summed E-state index contributed by atoms with van der Waals surface area (Å²) in [5.74, 6) is -1.07. The smallest absolute Gasteiger partial charge is 0.320 e. The van der Waals surface area contributed by atoms with Crippen molar-refractivity contribution in [2.24, 2.45) is 0 Å². The minimum absolute atomic E-state index is 0.196. The highest BCUT2D eigenvalue weighted by molar-refractivity contribution is 5.74. The van der Waals surface area contributed by atoms with Crippen molar-refractivity contribution >= 4 is 11.9 Å². The average Bonchev–Trinajstić information content (AvgIpc) is 2.90. The van der Waals surface area contributed by atoms with Crippen molar-refractivity contribution < 1.29 is 19.4 Å². The lowest BCUT2D eigenvalue weighted by Gasteiger charge is -2.10. The van der Waals surface area contributed by atoms with Crippen molar-refractivity contribution in [2.45, 2.75) is 83.3 Å². The first-order valence-electron chi connectivity index (χ1n) is 8.29. The van der Waals surface area contributed by atoms with E-state index in [1.165, 1.54) is 38.5 Å². The number of carboxylic acids is 1. The third kappa shape index (κ3) is 8.05. The molecular weight excluding hydrogens is 270 g/mol. The highest BCUT2D eigenvalue weighted by Gasteiger charge is 2.31. The maximum atomic E-state index is 11.7. The van der Waals surface area contributed by atoms with Gasteiger partial charge in [-0.25, -0.2) is 0 Å². The van der Waals surface area contributed by atoms with Crippen molar-refractivity contribution in [1.82, 2.24) is 5.32 Å². The van der Waals surface area contributed by atoms with E-state index in [0.29, 0.717) is 19.4 Å². The van der Waals surface area contributed by atoms with Crippen LogP contribution in [-0.4, -0.2) is 35.7 Å². The highest BCUT2D eigenvalue weighted by Crippen LogP contribution is 2.13. The van der Waals surface area contributed by atoms with Crippen LogP contribution in [0.25, 0.3) is 0 Å². The van der Waals surface area contributed by atoms with Crippen LogP contribution >= 0.6 is 0 Å². The average molecular weight is 299 g/mol. The molecule has 0 amide bonds. The van der Waals surface area contributed by atoms with Gasteiger partial charge in [-0.2, -0.15) is 0 Å². The molecule has 0 aromatic rings. The first-order valence-corrected chi connectivity index (χ1v) is 8.29. The number of ether oxygens (including phenoxy) is 1. The quantitative estimate of drug-likeness (QED) is 0.453. The maximum Gasteiger partial charge on any atom is 0.320 e. The fraction of sp³-hybridized carbons (Fsp3) is 0.875. The number of rotatable bonds is 11. The molecule has 0 aliphatic carbocycles. The van der Waals surface area contributed by atoms with E-state index in [9.17, 15) is 9.59 Å². The molecule has 5 nitrogen and oxygen atoms in total. The number of unbranched alkanes of at least 4 members (excludes halogenated alkanes) is 7. The molecule has 1 saturated heterocycles. The summed E-state index contributed by atoms with van der Waals surface area (Å²) in [5, 5.41) is 11.7. The number of carboxylic acid groups (broad SMARTS) is 1. The van der Waals surface area contributed by atoms with Crippen LogP contribution in [0.4, 0.5) is 0 Å². The summed E-state index contributed by atoms with van der Waals surface area (Å²) in [6.45, 7) is 2.66. The van der Waals surface area contributed by atoms with E-state index in [2.05, 4.69) is 12.2 Å². The summed E-state index contributed by atoms with van der Waals surface area (Å²) in [4.78, 5) is 22.4. The second-order valence-electron chi connectivity index (χ2n) is 5.87. The zero-order valence-electron chi connectivity index (χ0n) is 13.1. The third-order valence-corrected chi connectivity index (χ3v) is 3.92. The van der Waals surface area contributed by atoms with E-state index in [4.69, 9.17) is 9.84 Å². The summed E-state index contributed by atoms with van der Waals surface area (Å²) in [6.07, 6.45) is 10.1. The summed E-state index contributed by atoms with van der Waals surface area (Å²) >= 11 is 0. The van der Waals surface area contributed by atoms with Crippen LogP contribution < -0.4 is 5.32 Å². The van der Waals surface area contributed by atoms with Gasteiger partial charge in [0.05, 0.1) is 0 Å². The van der Waals surface area contributed by atoms with Crippen molar-refractivity contribution in [3.63, 3.8) is 0 Å². The Morgan fingerprint density at radius 2 is 1.71 bits per heavy atom. The Hall–Kier alpha value is -1.10. The van der Waals surface area contributed by atoms with Gasteiger partial charge in [-0.3, -0.25) is 9.59 Å². The predicted octanol–water partition coefficient (Wildman–Crippen LogP) is 2.88. The number of aliphatic carboxylic acids is 1. The Kier molecular flexibility index (Phi) is 9.06. The number of carbonyl (C=O) groups is 2. The molecule has 0 saturated carbocycles. The SMILES string of the molecule is CCCCCCCCCCC(=O)O[C@H]1CN[C@H](C(=O)O)C1. The third-order valence-electron chi connectivity index (χ3n) is 3.92. The molecule has 0 radical (unpaired) electrons. The topological polar surface area (TPSA) is 75.6 Å². The lowest BCUT2D eigenvalue weighted by molar-refractivity contribution is -0.149. The molecule has 1 fully saturated rings. The maximum absolute atomic E-state index is 11.7. The first-order chi connectivity index (χ1) is 10.1. The molecule has 0 bridgehead atoms. The van der Waals surface area contributed by atoms with E-state index in [1.807, 2.05) is 0 Å². The molecule has 0 unspecified atom stereocenters. The van der Waals surface area contributed by atoms with Gasteiger partial charge in [0, 0.05) is 19.4 Å². The number of hydrogen-bond acceptors (Lipinski definition) is 4. The second-order valence-corrected chi connectivity index (χ2v) is 5.87. The highest BCUT2D eigenvalue weighted by atomic mass is 16.5. The number of esters is 1. The van der Waals surface area contributed by atoms with Crippen molar-refractivity contribution in [2.75, 3.05) is 6.54 Å². The van der Waals surface area contributed by atoms with Crippen LogP contribution in [0.3, 0.4) is 0 Å².